The van der Waals surface area contributed by atoms with E-state index in [0.29, 0.717) is 6.54 Å². The molecular formula is C6H11NO2. The van der Waals surface area contributed by atoms with Gasteiger partial charge in [0.2, 0.25) is 0 Å². The van der Waals surface area contributed by atoms with Crippen LogP contribution in [-0.4, -0.2) is 24.7 Å². The first-order valence-electron chi connectivity index (χ1n) is 3.02. The molecule has 1 saturated heterocycles. The number of hydrogen-bond donors (Lipinski definition) is 1. The van der Waals surface area contributed by atoms with Crippen molar-refractivity contribution in [3.8, 4) is 0 Å². The van der Waals surface area contributed by atoms with Gasteiger partial charge in [-0.3, -0.25) is 5.32 Å². The second-order valence-electron chi connectivity index (χ2n) is 2.68. The maximum absolute atomic E-state index is 10.1. The van der Waals surface area contributed by atoms with Gasteiger partial charge >= 0.3 is 0 Å². The summed E-state index contributed by atoms with van der Waals surface area (Å²) in [5.41, 5.74) is -0.314. The number of carbonyl (C=O) groups is 1. The summed E-state index contributed by atoms with van der Waals surface area (Å²) in [5.74, 6) is 0. The summed E-state index contributed by atoms with van der Waals surface area (Å²) in [6.07, 6.45) is 0.571. The second kappa shape index (κ2) is 2.08. The Morgan fingerprint density at radius 1 is 1.78 bits per heavy atom. The fraction of sp³-hybridized carbons (Fsp3) is 0.833. The lowest BCUT2D eigenvalue weighted by Crippen LogP contribution is -2.33. The van der Waals surface area contributed by atoms with Gasteiger partial charge < -0.3 is 9.53 Å². The van der Waals surface area contributed by atoms with Crippen LogP contribution in [0.15, 0.2) is 0 Å². The molecule has 0 aromatic carbocycles. The van der Waals surface area contributed by atoms with E-state index in [1.54, 1.807) is 0 Å². The molecule has 1 unspecified atom stereocenters. The van der Waals surface area contributed by atoms with Crippen LogP contribution in [0.4, 0.5) is 0 Å². The van der Waals surface area contributed by atoms with Crippen molar-refractivity contribution in [2.75, 3.05) is 6.54 Å². The van der Waals surface area contributed by atoms with Crippen molar-refractivity contribution >= 4 is 6.29 Å². The zero-order chi connectivity index (χ0) is 6.91. The van der Waals surface area contributed by atoms with Gasteiger partial charge in [0, 0.05) is 6.54 Å². The van der Waals surface area contributed by atoms with Crippen LogP contribution in [-0.2, 0) is 9.53 Å². The van der Waals surface area contributed by atoms with E-state index in [9.17, 15) is 4.79 Å². The molecule has 1 rings (SSSR count). The Labute approximate surface area is 54.4 Å². The number of nitrogens with one attached hydrogen (secondary N) is 1. The predicted molar refractivity (Wildman–Crippen MR) is 33.0 cm³/mol. The summed E-state index contributed by atoms with van der Waals surface area (Å²) in [5, 5.41) is 3.04. The molecule has 0 radical (unpaired) electrons. The predicted octanol–water partition coefficient (Wildman–Crippen LogP) is -0.0902. The maximum atomic E-state index is 10.1. The Hall–Kier alpha value is -0.410. The SMILES string of the molecule is CC1(C)NCC(C=O)O1. The number of ether oxygens (including phenoxy) is 1. The van der Waals surface area contributed by atoms with Gasteiger partial charge in [0.15, 0.2) is 0 Å². The topological polar surface area (TPSA) is 38.3 Å². The van der Waals surface area contributed by atoms with E-state index >= 15 is 0 Å². The molecule has 0 amide bonds. The van der Waals surface area contributed by atoms with Crippen LogP contribution in [0.2, 0.25) is 0 Å². The molecular weight excluding hydrogens is 118 g/mol. The summed E-state index contributed by atoms with van der Waals surface area (Å²) in [7, 11) is 0. The fourth-order valence-electron chi connectivity index (χ4n) is 0.884. The van der Waals surface area contributed by atoms with E-state index in [1.807, 2.05) is 13.8 Å². The standard InChI is InChI=1S/C6H11NO2/c1-6(2)7-3-5(4-8)9-6/h4-5,7H,3H2,1-2H3. The van der Waals surface area contributed by atoms with Crippen molar-refractivity contribution in [1.29, 1.82) is 0 Å². The molecule has 1 N–H and O–H groups in total. The molecule has 9 heavy (non-hydrogen) atoms. The minimum absolute atomic E-state index is 0.250. The minimum atomic E-state index is -0.314. The van der Waals surface area contributed by atoms with Gasteiger partial charge in [-0.2, -0.15) is 0 Å². The zero-order valence-corrected chi connectivity index (χ0v) is 5.68. The molecule has 0 aromatic heterocycles. The van der Waals surface area contributed by atoms with E-state index in [1.165, 1.54) is 0 Å². The number of carbonyl (C=O) groups excluding carboxylic acids is 1. The molecule has 0 aliphatic carbocycles. The Kier molecular flexibility index (Phi) is 1.55. The summed E-state index contributed by atoms with van der Waals surface area (Å²) >= 11 is 0. The van der Waals surface area contributed by atoms with Crippen molar-refractivity contribution < 1.29 is 9.53 Å². The Bertz CT molecular complexity index is 122. The van der Waals surface area contributed by atoms with Gasteiger partial charge in [-0.05, 0) is 13.8 Å². The van der Waals surface area contributed by atoms with Crippen LogP contribution < -0.4 is 5.32 Å². The van der Waals surface area contributed by atoms with Crippen LogP contribution in [0.25, 0.3) is 0 Å². The molecule has 1 aliphatic rings. The first-order valence-corrected chi connectivity index (χ1v) is 3.02. The van der Waals surface area contributed by atoms with E-state index in [0.717, 1.165) is 6.29 Å². The largest absolute Gasteiger partial charge is 0.349 e. The number of hydrogen-bond acceptors (Lipinski definition) is 3. The highest BCUT2D eigenvalue weighted by molar-refractivity contribution is 5.57. The first-order chi connectivity index (χ1) is 4.14. The van der Waals surface area contributed by atoms with Gasteiger partial charge in [-0.15, -0.1) is 0 Å². The molecule has 3 heteroatoms. The lowest BCUT2D eigenvalue weighted by molar-refractivity contribution is -0.120. The molecule has 1 heterocycles. The summed E-state index contributed by atoms with van der Waals surface area (Å²) < 4.78 is 5.22. The smallest absolute Gasteiger partial charge is 0.150 e. The molecule has 52 valence electrons. The Balaban J connectivity index is 2.47. The fourth-order valence-corrected chi connectivity index (χ4v) is 0.884. The van der Waals surface area contributed by atoms with Gasteiger partial charge in [0.25, 0.3) is 0 Å². The molecule has 3 nitrogen and oxygen atoms in total. The minimum Gasteiger partial charge on any atom is -0.349 e. The summed E-state index contributed by atoms with van der Waals surface area (Å²) in [6, 6.07) is 0. The van der Waals surface area contributed by atoms with Crippen LogP contribution in [0.1, 0.15) is 13.8 Å². The second-order valence-corrected chi connectivity index (χ2v) is 2.68. The average molecular weight is 129 g/mol. The van der Waals surface area contributed by atoms with Crippen LogP contribution in [0.5, 0.6) is 0 Å². The van der Waals surface area contributed by atoms with Crippen molar-refractivity contribution in [2.24, 2.45) is 0 Å². The molecule has 0 spiro atoms. The highest BCUT2D eigenvalue weighted by atomic mass is 16.5. The van der Waals surface area contributed by atoms with Gasteiger partial charge in [0.1, 0.15) is 18.1 Å². The molecule has 0 saturated carbocycles. The molecule has 0 bridgehead atoms. The number of aldehydes is 1. The average Bonchev–Trinajstić information content (AvgIpc) is 2.10. The third kappa shape index (κ3) is 1.50. The molecule has 0 aromatic rings. The van der Waals surface area contributed by atoms with Crippen LogP contribution >= 0.6 is 0 Å². The van der Waals surface area contributed by atoms with Crippen molar-refractivity contribution in [1.82, 2.24) is 5.32 Å². The van der Waals surface area contributed by atoms with Gasteiger partial charge in [-0.1, -0.05) is 0 Å². The third-order valence-electron chi connectivity index (χ3n) is 1.33. The highest BCUT2D eigenvalue weighted by Gasteiger charge is 2.30. The molecule has 1 atom stereocenters. The normalized spacial score (nSPS) is 32.4. The van der Waals surface area contributed by atoms with E-state index in [4.69, 9.17) is 4.74 Å². The van der Waals surface area contributed by atoms with E-state index in [-0.39, 0.29) is 11.8 Å². The van der Waals surface area contributed by atoms with Crippen LogP contribution in [0, 0.1) is 0 Å². The Morgan fingerprint density at radius 2 is 2.44 bits per heavy atom. The van der Waals surface area contributed by atoms with Crippen molar-refractivity contribution in [2.45, 2.75) is 25.7 Å². The van der Waals surface area contributed by atoms with Gasteiger partial charge in [-0.25, -0.2) is 0 Å². The zero-order valence-electron chi connectivity index (χ0n) is 5.68. The maximum Gasteiger partial charge on any atom is 0.150 e. The van der Waals surface area contributed by atoms with Gasteiger partial charge in [0.05, 0.1) is 0 Å². The lowest BCUT2D eigenvalue weighted by atomic mass is 10.3. The monoisotopic (exact) mass is 129 g/mol. The van der Waals surface area contributed by atoms with Crippen molar-refractivity contribution in [3.05, 3.63) is 0 Å². The van der Waals surface area contributed by atoms with E-state index in [2.05, 4.69) is 5.32 Å². The third-order valence-corrected chi connectivity index (χ3v) is 1.33. The summed E-state index contributed by atoms with van der Waals surface area (Å²) in [4.78, 5) is 10.1. The summed E-state index contributed by atoms with van der Waals surface area (Å²) in [6.45, 7) is 4.43. The van der Waals surface area contributed by atoms with Crippen molar-refractivity contribution in [3.63, 3.8) is 0 Å². The quantitative estimate of drug-likeness (QED) is 0.503. The molecule has 1 fully saturated rings. The van der Waals surface area contributed by atoms with Crippen LogP contribution in [0.3, 0.4) is 0 Å². The van der Waals surface area contributed by atoms with E-state index < -0.39 is 0 Å². The number of rotatable bonds is 1. The lowest BCUT2D eigenvalue weighted by Gasteiger charge is -2.16. The first kappa shape index (κ1) is 6.71. The Morgan fingerprint density at radius 3 is 2.67 bits per heavy atom. The molecule has 1 aliphatic heterocycles. The highest BCUT2D eigenvalue weighted by Crippen LogP contribution is 2.13.